The van der Waals surface area contributed by atoms with Gasteiger partial charge in [0.05, 0.1) is 23.1 Å². The van der Waals surface area contributed by atoms with E-state index >= 15 is 0 Å². The number of hydrogen-bond donors (Lipinski definition) is 2. The number of hydrogen-bond acceptors (Lipinski definition) is 3. The molecule has 2 N–H and O–H groups in total. The predicted octanol–water partition coefficient (Wildman–Crippen LogP) is 4.12. The number of carbonyl (C=O) groups excluding carboxylic acids is 1. The minimum atomic E-state index is -0.104. The summed E-state index contributed by atoms with van der Waals surface area (Å²) in [6.07, 6.45) is 4.16. The molecule has 21 heavy (non-hydrogen) atoms. The summed E-state index contributed by atoms with van der Waals surface area (Å²) in [5.74, 6) is -0.104. The first-order valence-electron chi connectivity index (χ1n) is 6.87. The van der Waals surface area contributed by atoms with Crippen LogP contribution in [0.15, 0.2) is 47.2 Å². The maximum atomic E-state index is 12.1. The number of rotatable bonds is 5. The van der Waals surface area contributed by atoms with Crippen LogP contribution in [0.2, 0.25) is 0 Å². The fraction of sp³-hybridized carbons (Fsp3) is 0.250. The van der Waals surface area contributed by atoms with E-state index in [2.05, 4.69) is 31.5 Å². The third kappa shape index (κ3) is 4.29. The molecule has 0 aliphatic carbocycles. The molecule has 110 valence electrons. The monoisotopic (exact) mass is 347 g/mol. The highest BCUT2D eigenvalue weighted by atomic mass is 79.9. The Balaban J connectivity index is 2.14. The average molecular weight is 348 g/mol. The van der Waals surface area contributed by atoms with Gasteiger partial charge < -0.3 is 10.6 Å². The lowest BCUT2D eigenvalue weighted by molar-refractivity contribution is 0.0939. The van der Waals surface area contributed by atoms with Crippen molar-refractivity contribution in [3.63, 3.8) is 0 Å². The summed E-state index contributed by atoms with van der Waals surface area (Å²) in [5.41, 5.74) is 2.25. The van der Waals surface area contributed by atoms with E-state index in [1.807, 2.05) is 38.1 Å². The predicted molar refractivity (Wildman–Crippen MR) is 88.9 cm³/mol. The normalized spacial score (nSPS) is 11.8. The SMILES string of the molecule is CCC(C)NC(=O)c1cncc(Nc2ccccc2Br)c1. The van der Waals surface area contributed by atoms with E-state index in [1.54, 1.807) is 18.5 Å². The summed E-state index contributed by atoms with van der Waals surface area (Å²) < 4.78 is 0.958. The van der Waals surface area contributed by atoms with E-state index < -0.39 is 0 Å². The maximum absolute atomic E-state index is 12.1. The van der Waals surface area contributed by atoms with E-state index in [4.69, 9.17) is 0 Å². The average Bonchev–Trinajstić information content (AvgIpc) is 2.49. The lowest BCUT2D eigenvalue weighted by Gasteiger charge is -2.12. The summed E-state index contributed by atoms with van der Waals surface area (Å²) in [4.78, 5) is 16.2. The Hall–Kier alpha value is -1.88. The molecule has 0 aliphatic heterocycles. The fourth-order valence-electron chi connectivity index (χ4n) is 1.76. The topological polar surface area (TPSA) is 54.0 Å². The highest BCUT2D eigenvalue weighted by Gasteiger charge is 2.10. The Kier molecular flexibility index (Phi) is 5.33. The van der Waals surface area contributed by atoms with Gasteiger partial charge in [-0.2, -0.15) is 0 Å². The number of carbonyl (C=O) groups is 1. The fourth-order valence-corrected chi connectivity index (χ4v) is 2.14. The van der Waals surface area contributed by atoms with Crippen LogP contribution in [-0.2, 0) is 0 Å². The second-order valence-corrected chi connectivity index (χ2v) is 5.70. The summed E-state index contributed by atoms with van der Waals surface area (Å²) >= 11 is 3.48. The largest absolute Gasteiger partial charge is 0.353 e. The zero-order chi connectivity index (χ0) is 15.2. The van der Waals surface area contributed by atoms with Crippen LogP contribution in [0.1, 0.15) is 30.6 Å². The minimum absolute atomic E-state index is 0.104. The first-order chi connectivity index (χ1) is 10.1. The Labute approximate surface area is 133 Å². The summed E-state index contributed by atoms with van der Waals surface area (Å²) in [5, 5.41) is 6.18. The first-order valence-corrected chi connectivity index (χ1v) is 7.67. The van der Waals surface area contributed by atoms with Crippen molar-refractivity contribution in [2.24, 2.45) is 0 Å². The number of nitrogens with zero attached hydrogens (tertiary/aromatic N) is 1. The van der Waals surface area contributed by atoms with Crippen LogP contribution in [0.5, 0.6) is 0 Å². The van der Waals surface area contributed by atoms with E-state index in [0.29, 0.717) is 5.56 Å². The van der Waals surface area contributed by atoms with Crippen molar-refractivity contribution in [3.8, 4) is 0 Å². The Bertz CT molecular complexity index is 630. The maximum Gasteiger partial charge on any atom is 0.253 e. The second kappa shape index (κ2) is 7.22. The molecule has 0 fully saturated rings. The Morgan fingerprint density at radius 2 is 2.10 bits per heavy atom. The molecule has 1 aromatic heterocycles. The highest BCUT2D eigenvalue weighted by Crippen LogP contribution is 2.25. The van der Waals surface area contributed by atoms with Crippen molar-refractivity contribution in [3.05, 3.63) is 52.8 Å². The molecule has 1 atom stereocenters. The molecule has 1 heterocycles. The van der Waals surface area contributed by atoms with Crippen LogP contribution >= 0.6 is 15.9 Å². The van der Waals surface area contributed by atoms with Crippen LogP contribution in [-0.4, -0.2) is 16.9 Å². The van der Waals surface area contributed by atoms with Crippen molar-refractivity contribution in [2.75, 3.05) is 5.32 Å². The third-order valence-corrected chi connectivity index (χ3v) is 3.83. The van der Waals surface area contributed by atoms with Gasteiger partial charge in [-0.1, -0.05) is 19.1 Å². The van der Waals surface area contributed by atoms with Crippen molar-refractivity contribution in [2.45, 2.75) is 26.3 Å². The lowest BCUT2D eigenvalue weighted by atomic mass is 10.2. The zero-order valence-corrected chi connectivity index (χ0v) is 13.6. The molecule has 1 unspecified atom stereocenters. The summed E-state index contributed by atoms with van der Waals surface area (Å²) in [6, 6.07) is 9.75. The molecule has 0 aliphatic rings. The molecule has 0 radical (unpaired) electrons. The summed E-state index contributed by atoms with van der Waals surface area (Å²) in [7, 11) is 0. The van der Waals surface area contributed by atoms with Gasteiger partial charge in [-0.25, -0.2) is 0 Å². The van der Waals surface area contributed by atoms with Gasteiger partial charge in [-0.05, 0) is 47.5 Å². The van der Waals surface area contributed by atoms with E-state index in [1.165, 1.54) is 0 Å². The number of nitrogens with one attached hydrogen (secondary N) is 2. The standard InChI is InChI=1S/C16H18BrN3O/c1-3-11(2)19-16(21)12-8-13(10-18-9-12)20-15-7-5-4-6-14(15)17/h4-11,20H,3H2,1-2H3,(H,19,21). The van der Waals surface area contributed by atoms with Crippen molar-refractivity contribution in [1.82, 2.24) is 10.3 Å². The molecule has 1 aromatic carbocycles. The molecule has 4 nitrogen and oxygen atoms in total. The van der Waals surface area contributed by atoms with Gasteiger partial charge in [0.2, 0.25) is 0 Å². The van der Waals surface area contributed by atoms with Gasteiger partial charge in [0.1, 0.15) is 0 Å². The van der Waals surface area contributed by atoms with Gasteiger partial charge in [0.25, 0.3) is 5.91 Å². The summed E-state index contributed by atoms with van der Waals surface area (Å²) in [6.45, 7) is 4.02. The number of para-hydroxylation sites is 1. The van der Waals surface area contributed by atoms with E-state index in [9.17, 15) is 4.79 Å². The van der Waals surface area contributed by atoms with E-state index in [0.717, 1.165) is 22.3 Å². The quantitative estimate of drug-likeness (QED) is 0.855. The molecule has 0 spiro atoms. The second-order valence-electron chi connectivity index (χ2n) is 4.85. The van der Waals surface area contributed by atoms with Crippen LogP contribution < -0.4 is 10.6 Å². The number of aromatic nitrogens is 1. The van der Waals surface area contributed by atoms with E-state index in [-0.39, 0.29) is 11.9 Å². The van der Waals surface area contributed by atoms with Gasteiger partial charge >= 0.3 is 0 Å². The highest BCUT2D eigenvalue weighted by molar-refractivity contribution is 9.10. The van der Waals surface area contributed by atoms with Crippen molar-refractivity contribution < 1.29 is 4.79 Å². The van der Waals surface area contributed by atoms with Gasteiger partial charge in [-0.15, -0.1) is 0 Å². The van der Waals surface area contributed by atoms with Crippen LogP contribution in [0.4, 0.5) is 11.4 Å². The Morgan fingerprint density at radius 1 is 1.33 bits per heavy atom. The molecular formula is C16H18BrN3O. The molecule has 5 heteroatoms. The van der Waals surface area contributed by atoms with Gasteiger partial charge in [-0.3, -0.25) is 9.78 Å². The van der Waals surface area contributed by atoms with Crippen molar-refractivity contribution >= 4 is 33.2 Å². The smallest absolute Gasteiger partial charge is 0.253 e. The van der Waals surface area contributed by atoms with Crippen LogP contribution in [0.3, 0.4) is 0 Å². The molecule has 2 rings (SSSR count). The van der Waals surface area contributed by atoms with Gasteiger partial charge in [0.15, 0.2) is 0 Å². The number of halogens is 1. The molecule has 0 saturated carbocycles. The zero-order valence-electron chi connectivity index (χ0n) is 12.1. The number of benzene rings is 1. The minimum Gasteiger partial charge on any atom is -0.353 e. The molecule has 0 bridgehead atoms. The lowest BCUT2D eigenvalue weighted by Crippen LogP contribution is -2.31. The van der Waals surface area contributed by atoms with Gasteiger partial charge in [0, 0.05) is 16.7 Å². The third-order valence-electron chi connectivity index (χ3n) is 3.14. The number of amides is 1. The molecule has 1 amide bonds. The van der Waals surface area contributed by atoms with Crippen LogP contribution in [0, 0.1) is 0 Å². The Morgan fingerprint density at radius 3 is 2.81 bits per heavy atom. The molecule has 0 saturated heterocycles. The number of anilines is 2. The van der Waals surface area contributed by atoms with Crippen molar-refractivity contribution in [1.29, 1.82) is 0 Å². The molecule has 2 aromatic rings. The first kappa shape index (κ1) is 15.5. The molecular weight excluding hydrogens is 330 g/mol. The number of pyridine rings is 1. The van der Waals surface area contributed by atoms with Crippen LogP contribution in [0.25, 0.3) is 0 Å².